The molecule has 0 amide bonds. The Morgan fingerprint density at radius 2 is 1.37 bits per heavy atom. The fourth-order valence-corrected chi connectivity index (χ4v) is 7.79. The predicted octanol–water partition coefficient (Wildman–Crippen LogP) is 8.85. The Morgan fingerprint density at radius 1 is 0.677 bits per heavy atom. The Morgan fingerprint density at radius 3 is 2.11 bits per heavy atom. The van der Waals surface area contributed by atoms with Crippen molar-refractivity contribution in [2.24, 2.45) is 0 Å². The van der Waals surface area contributed by atoms with Crippen molar-refractivity contribution < 1.29 is 39.1 Å². The summed E-state index contributed by atoms with van der Waals surface area (Å²) >= 11 is 0. The number of carbonyl (C=O) groups excluding carboxylic acids is 1. The zero-order chi connectivity index (χ0) is 42.0. The summed E-state index contributed by atoms with van der Waals surface area (Å²) < 4.78 is 18.4. The molecule has 2 aliphatic carbocycles. The second kappa shape index (κ2) is 19.0. The average molecular weight is 971 g/mol. The van der Waals surface area contributed by atoms with Gasteiger partial charge in [0.1, 0.15) is 24.6 Å². The Labute approximate surface area is 375 Å². The van der Waals surface area contributed by atoms with E-state index in [1.165, 1.54) is 0 Å². The number of pyridine rings is 1. The van der Waals surface area contributed by atoms with Gasteiger partial charge < -0.3 is 19.2 Å². The molecular weight excluding hydrogens is 943 g/mol. The van der Waals surface area contributed by atoms with E-state index in [1.807, 2.05) is 60.7 Å². The largest absolute Gasteiger partial charge is 0.480 e. The van der Waals surface area contributed by atoms with Gasteiger partial charge in [-0.1, -0.05) is 60.4 Å². The van der Waals surface area contributed by atoms with E-state index in [9.17, 15) is 4.79 Å². The molecule has 0 saturated heterocycles. The summed E-state index contributed by atoms with van der Waals surface area (Å²) in [5, 5.41) is 0. The Bertz CT molecular complexity index is 3310. The number of terminal acetylenes is 1. The topological polar surface area (TPSA) is 57.7 Å². The molecule has 5 aromatic carbocycles. The molecule has 2 aliphatic rings. The predicted molar refractivity (Wildman–Crippen MR) is 237 cm³/mol. The van der Waals surface area contributed by atoms with Crippen molar-refractivity contribution in [3.8, 4) is 157 Å². The molecule has 1 spiro atoms. The summed E-state index contributed by atoms with van der Waals surface area (Å²) in [5.41, 5.74) is 11.2. The molecule has 6 heteroatoms. The van der Waals surface area contributed by atoms with Crippen LogP contribution >= 0.6 is 0 Å². The van der Waals surface area contributed by atoms with Crippen LogP contribution in [0.25, 0.3) is 44.6 Å². The summed E-state index contributed by atoms with van der Waals surface area (Å²) in [6.07, 6.45) is 13.1. The van der Waals surface area contributed by atoms with Crippen molar-refractivity contribution in [1.82, 2.24) is 4.98 Å². The summed E-state index contributed by atoms with van der Waals surface area (Å²) in [5.74, 6) is 36.1. The van der Waals surface area contributed by atoms with Gasteiger partial charge in [-0.2, -0.15) is 0 Å². The van der Waals surface area contributed by atoms with Crippen LogP contribution in [0.2, 0.25) is 0 Å². The van der Waals surface area contributed by atoms with Crippen LogP contribution in [0.3, 0.4) is 0 Å². The number of hydrogen-bond acceptors (Lipinski definition) is 5. The third-order valence-corrected chi connectivity index (χ3v) is 10.1. The van der Waals surface area contributed by atoms with Gasteiger partial charge in [0.05, 0.1) is 11.0 Å². The van der Waals surface area contributed by atoms with E-state index in [4.69, 9.17) is 20.6 Å². The number of carbonyl (C=O) groups is 1. The van der Waals surface area contributed by atoms with Gasteiger partial charge in [-0.05, 0) is 159 Å². The quantitative estimate of drug-likeness (QED) is 0.0948. The van der Waals surface area contributed by atoms with Crippen molar-refractivity contribution >= 4 is 6.29 Å². The number of hydrogen-bond donors (Lipinski definition) is 0. The minimum atomic E-state index is -0.892. The van der Waals surface area contributed by atoms with Crippen molar-refractivity contribution in [3.63, 3.8) is 0 Å². The van der Waals surface area contributed by atoms with Gasteiger partial charge in [0.2, 0.25) is 0 Å². The van der Waals surface area contributed by atoms with E-state index >= 15 is 0 Å². The second-order valence-corrected chi connectivity index (χ2v) is 13.3. The van der Waals surface area contributed by atoms with Gasteiger partial charge in [-0.3, -0.25) is 4.79 Å². The van der Waals surface area contributed by atoms with Gasteiger partial charge in [-0.25, -0.2) is 0 Å². The molecule has 1 aromatic heterocycles. The zero-order valence-corrected chi connectivity index (χ0v) is 35.6. The molecule has 6 aromatic rings. The van der Waals surface area contributed by atoms with Gasteiger partial charge in [0.25, 0.3) is 0 Å². The third kappa shape index (κ3) is 7.81. The van der Waals surface area contributed by atoms with Crippen molar-refractivity contribution in [2.45, 2.75) is 19.3 Å². The molecule has 1 atom stereocenters. The van der Waals surface area contributed by atoms with Crippen LogP contribution in [0.1, 0.15) is 41.7 Å². The fourth-order valence-electron chi connectivity index (χ4n) is 7.79. The molecule has 5 nitrogen and oxygen atoms in total. The molecule has 62 heavy (non-hydrogen) atoms. The number of rotatable bonds is 6. The molecule has 8 rings (SSSR count). The summed E-state index contributed by atoms with van der Waals surface area (Å²) in [7, 11) is 0. The Hall–Kier alpha value is -8.55. The van der Waals surface area contributed by atoms with Crippen LogP contribution in [0.5, 0.6) is 17.2 Å². The van der Waals surface area contributed by atoms with Crippen LogP contribution < -0.4 is 14.2 Å². The van der Waals surface area contributed by atoms with E-state index < -0.39 is 5.41 Å². The number of aldehydes is 1. The number of benzene rings is 5. The fraction of sp³-hybridized carbons (Fsp3) is 0.0714. The minimum Gasteiger partial charge on any atom is -0.480 e. The van der Waals surface area contributed by atoms with Crippen LogP contribution in [0.15, 0.2) is 109 Å². The molecule has 0 aliphatic heterocycles. The van der Waals surface area contributed by atoms with Crippen molar-refractivity contribution in [3.05, 3.63) is 143 Å². The van der Waals surface area contributed by atoms with Crippen LogP contribution in [-0.2, 0) is 30.3 Å². The SMILES string of the molecule is C#CC#CCOc1cc2c(cc1C#CC#CC=O)-c1cc(OC#CC#CC)c(OC#CC#CC)cc1C21c2ccccc2-c2cc(-c3cc[c-]c(-c4ccccn4)c3)ccc21.[Ir]. The maximum absolute atomic E-state index is 11.0. The first kappa shape index (κ1) is 41.6. The number of aromatic nitrogens is 1. The molecule has 291 valence electrons. The maximum atomic E-state index is 11.0. The van der Waals surface area contributed by atoms with E-state index in [-0.39, 0.29) is 26.7 Å². The van der Waals surface area contributed by atoms with E-state index in [0.29, 0.717) is 29.1 Å². The first-order valence-electron chi connectivity index (χ1n) is 18.9. The molecule has 0 saturated carbocycles. The minimum absolute atomic E-state index is 0. The first-order chi connectivity index (χ1) is 30.1. The molecular formula is C56H28IrNO4-. The number of fused-ring (bicyclic) bond motifs is 10. The van der Waals surface area contributed by atoms with Crippen LogP contribution in [-0.4, -0.2) is 17.9 Å². The van der Waals surface area contributed by atoms with Crippen molar-refractivity contribution in [2.75, 3.05) is 6.61 Å². The molecule has 1 radical (unpaired) electrons. The number of ether oxygens (including phenoxy) is 3. The monoisotopic (exact) mass is 971 g/mol. The smallest absolute Gasteiger partial charge is 0.193 e. The number of nitrogens with zero attached hydrogens (tertiary/aromatic N) is 1. The molecule has 1 unspecified atom stereocenters. The Balaban J connectivity index is 0.00000578. The maximum Gasteiger partial charge on any atom is 0.193 e. The average Bonchev–Trinajstić information content (AvgIpc) is 3.75. The summed E-state index contributed by atoms with van der Waals surface area (Å²) in [4.78, 5) is 15.6. The molecule has 0 fully saturated rings. The molecule has 1 heterocycles. The summed E-state index contributed by atoms with van der Waals surface area (Å²) in [6, 6.07) is 38.1. The molecule has 0 bridgehead atoms. The van der Waals surface area contributed by atoms with Crippen LogP contribution in [0.4, 0.5) is 0 Å². The second-order valence-electron chi connectivity index (χ2n) is 13.3. The summed E-state index contributed by atoms with van der Waals surface area (Å²) in [6.45, 7) is 3.41. The third-order valence-electron chi connectivity index (χ3n) is 10.1. The normalized spacial score (nSPS) is 12.1. The van der Waals surface area contributed by atoms with Gasteiger partial charge >= 0.3 is 0 Å². The van der Waals surface area contributed by atoms with Crippen molar-refractivity contribution in [1.29, 1.82) is 0 Å². The molecule has 0 N–H and O–H groups in total. The van der Waals surface area contributed by atoms with Crippen LogP contribution in [0, 0.1) is 102 Å². The van der Waals surface area contributed by atoms with E-state index in [0.717, 1.165) is 66.9 Å². The first-order valence-corrected chi connectivity index (χ1v) is 18.9. The Kier molecular flexibility index (Phi) is 12.8. The van der Waals surface area contributed by atoms with Gasteiger partial charge in [0, 0.05) is 38.1 Å². The zero-order valence-electron chi connectivity index (χ0n) is 33.2. The van der Waals surface area contributed by atoms with Gasteiger partial charge in [-0.15, -0.1) is 41.8 Å². The van der Waals surface area contributed by atoms with E-state index in [1.54, 1.807) is 20.0 Å². The van der Waals surface area contributed by atoms with E-state index in [2.05, 4.69) is 143 Å². The standard InChI is InChI=1S/C56H28NO4.Ir/c1-4-7-17-31-59-53-38-50-46(36-43(53)21-11-10-16-30-58)47-37-54(60-32-18-8-5-2)55(61-33-19-9-6-3)39-51(47)56(50)48-25-13-12-24-44(48)45-35-41(27-28-49(45)56)40-22-20-23-42(34-40)52-26-14-15-29-57-52;/h1,12-15,20,22,24-30,34-39H,31H2,2-3H3;/q-1;. The van der Waals surface area contributed by atoms with Gasteiger partial charge in [0.15, 0.2) is 17.8 Å².